The minimum absolute atomic E-state index is 0.0622. The molecule has 5 nitrogen and oxygen atoms in total. The summed E-state index contributed by atoms with van der Waals surface area (Å²) in [6, 6.07) is 9.48. The number of halogens is 2. The topological polar surface area (TPSA) is 54.0 Å². The quantitative estimate of drug-likeness (QED) is 0.514. The van der Waals surface area contributed by atoms with Crippen LogP contribution < -0.4 is 14.2 Å². The van der Waals surface area contributed by atoms with Gasteiger partial charge in [-0.1, -0.05) is 19.1 Å². The van der Waals surface area contributed by atoms with Gasteiger partial charge in [0.15, 0.2) is 0 Å². The molecule has 2 aromatic rings. The Morgan fingerprint density at radius 1 is 1.08 bits per heavy atom. The number of carbonyl (C=O) groups is 1. The van der Waals surface area contributed by atoms with Gasteiger partial charge in [0, 0.05) is 0 Å². The van der Waals surface area contributed by atoms with Crippen molar-refractivity contribution in [1.82, 2.24) is 0 Å². The van der Waals surface area contributed by atoms with Gasteiger partial charge in [-0.25, -0.2) is 13.6 Å². The van der Waals surface area contributed by atoms with E-state index in [0.29, 0.717) is 17.7 Å². The summed E-state index contributed by atoms with van der Waals surface area (Å²) < 4.78 is 47.0. The van der Waals surface area contributed by atoms with Crippen LogP contribution in [0.15, 0.2) is 36.4 Å². The predicted molar refractivity (Wildman–Crippen MR) is 91.1 cm³/mol. The first-order valence-corrected chi connectivity index (χ1v) is 7.95. The van der Waals surface area contributed by atoms with E-state index in [2.05, 4.69) is 4.74 Å². The molecule has 26 heavy (non-hydrogen) atoms. The lowest BCUT2D eigenvalue weighted by molar-refractivity contribution is 0.120. The molecule has 2 rings (SSSR count). The lowest BCUT2D eigenvalue weighted by atomic mass is 10.1. The van der Waals surface area contributed by atoms with Crippen LogP contribution in [-0.4, -0.2) is 20.4 Å². The third kappa shape index (κ3) is 4.62. The fraction of sp³-hybridized carbons (Fsp3) is 0.316. The van der Waals surface area contributed by atoms with E-state index in [4.69, 9.17) is 14.2 Å². The highest BCUT2D eigenvalue weighted by Gasteiger charge is 2.18. The molecule has 2 aromatic carbocycles. The van der Waals surface area contributed by atoms with Gasteiger partial charge < -0.3 is 18.9 Å². The third-order valence-electron chi connectivity index (χ3n) is 3.76. The summed E-state index contributed by atoms with van der Waals surface area (Å²) in [5, 5.41) is 0. The minimum Gasteiger partial charge on any atom is -0.496 e. The number of methoxy groups -OCH3 is 2. The van der Waals surface area contributed by atoms with Gasteiger partial charge in [0.25, 0.3) is 6.43 Å². The molecule has 0 amide bonds. The molecular weight excluding hydrogens is 346 g/mol. The first kappa shape index (κ1) is 19.5. The molecule has 0 aliphatic heterocycles. The Morgan fingerprint density at radius 3 is 2.42 bits per heavy atom. The second-order valence-electron chi connectivity index (χ2n) is 5.31. The molecule has 0 saturated carbocycles. The molecule has 0 aliphatic carbocycles. The van der Waals surface area contributed by atoms with Gasteiger partial charge in [0.05, 0.1) is 25.3 Å². The molecule has 7 heteroatoms. The number of carbonyl (C=O) groups excluding carboxylic acids is 1. The van der Waals surface area contributed by atoms with Crippen molar-refractivity contribution in [3.8, 4) is 17.2 Å². The summed E-state index contributed by atoms with van der Waals surface area (Å²) in [4.78, 5) is 11.4. The zero-order valence-corrected chi connectivity index (χ0v) is 14.8. The number of hydrogen-bond donors (Lipinski definition) is 0. The maximum Gasteiger partial charge on any atom is 0.513 e. The Morgan fingerprint density at radius 2 is 1.81 bits per heavy atom. The lowest BCUT2D eigenvalue weighted by Gasteiger charge is -2.16. The Hall–Kier alpha value is -2.83. The molecule has 0 N–H and O–H groups in total. The zero-order valence-electron chi connectivity index (χ0n) is 14.8. The third-order valence-corrected chi connectivity index (χ3v) is 3.76. The van der Waals surface area contributed by atoms with Crippen molar-refractivity contribution in [2.45, 2.75) is 26.4 Å². The van der Waals surface area contributed by atoms with Crippen LogP contribution in [0.3, 0.4) is 0 Å². The van der Waals surface area contributed by atoms with Gasteiger partial charge in [-0.2, -0.15) is 0 Å². The van der Waals surface area contributed by atoms with Crippen LogP contribution in [0.4, 0.5) is 13.6 Å². The van der Waals surface area contributed by atoms with E-state index in [1.165, 1.54) is 32.4 Å². The minimum atomic E-state index is -2.67. The smallest absolute Gasteiger partial charge is 0.496 e. The normalized spacial score (nSPS) is 10.5. The van der Waals surface area contributed by atoms with E-state index in [1.807, 2.05) is 6.92 Å². The average molecular weight is 366 g/mol. The summed E-state index contributed by atoms with van der Waals surface area (Å²) in [6.07, 6.45) is -2.93. The fourth-order valence-electron chi connectivity index (χ4n) is 2.38. The van der Waals surface area contributed by atoms with Crippen molar-refractivity contribution in [3.63, 3.8) is 0 Å². The number of aryl methyl sites for hydroxylation is 1. The molecule has 0 aromatic heterocycles. The second kappa shape index (κ2) is 9.03. The zero-order chi connectivity index (χ0) is 19.1. The highest BCUT2D eigenvalue weighted by molar-refractivity contribution is 5.65. The fourth-order valence-corrected chi connectivity index (χ4v) is 2.38. The molecule has 0 heterocycles. The summed E-state index contributed by atoms with van der Waals surface area (Å²) in [6.45, 7) is 1.76. The maximum atomic E-state index is 13.3. The largest absolute Gasteiger partial charge is 0.513 e. The Labute approximate surface area is 150 Å². The van der Waals surface area contributed by atoms with Crippen LogP contribution in [0.2, 0.25) is 0 Å². The molecule has 0 unspecified atom stereocenters. The Balaban J connectivity index is 2.30. The van der Waals surface area contributed by atoms with E-state index in [9.17, 15) is 13.6 Å². The van der Waals surface area contributed by atoms with Crippen molar-refractivity contribution in [2.24, 2.45) is 0 Å². The van der Waals surface area contributed by atoms with Crippen molar-refractivity contribution in [2.75, 3.05) is 14.2 Å². The molecule has 0 bridgehead atoms. The van der Waals surface area contributed by atoms with Crippen molar-refractivity contribution in [1.29, 1.82) is 0 Å². The molecule has 0 aliphatic rings. The van der Waals surface area contributed by atoms with Crippen LogP contribution in [0.25, 0.3) is 0 Å². The van der Waals surface area contributed by atoms with Gasteiger partial charge in [-0.05, 0) is 36.2 Å². The molecular formula is C19H20F2O5. The van der Waals surface area contributed by atoms with Crippen molar-refractivity contribution in [3.05, 3.63) is 53.1 Å². The van der Waals surface area contributed by atoms with Gasteiger partial charge in [0.1, 0.15) is 23.9 Å². The van der Waals surface area contributed by atoms with E-state index >= 15 is 0 Å². The average Bonchev–Trinajstić information content (AvgIpc) is 2.66. The number of hydrogen-bond acceptors (Lipinski definition) is 5. The van der Waals surface area contributed by atoms with Gasteiger partial charge in [-0.3, -0.25) is 0 Å². The highest BCUT2D eigenvalue weighted by atomic mass is 19.3. The number of rotatable bonds is 7. The Kier molecular flexibility index (Phi) is 6.77. The second-order valence-corrected chi connectivity index (χ2v) is 5.31. The summed E-state index contributed by atoms with van der Waals surface area (Å²) in [5.41, 5.74) is 1.01. The van der Waals surface area contributed by atoms with Crippen LogP contribution in [0.5, 0.6) is 17.2 Å². The number of alkyl halides is 2. The molecule has 0 saturated heterocycles. The van der Waals surface area contributed by atoms with Crippen LogP contribution >= 0.6 is 0 Å². The SMILES string of the molecule is CCc1ccc(OCc2c(OC)cccc2OC(=O)OC)c(C(F)F)c1. The lowest BCUT2D eigenvalue weighted by Crippen LogP contribution is -2.11. The number of ether oxygens (including phenoxy) is 4. The first-order valence-electron chi connectivity index (χ1n) is 7.95. The summed E-state index contributed by atoms with van der Waals surface area (Å²) in [5.74, 6) is 0.627. The molecule has 0 fully saturated rings. The first-order chi connectivity index (χ1) is 12.5. The van der Waals surface area contributed by atoms with Crippen LogP contribution in [0.1, 0.15) is 30.0 Å². The van der Waals surface area contributed by atoms with Crippen LogP contribution in [-0.2, 0) is 17.8 Å². The molecule has 0 radical (unpaired) electrons. The predicted octanol–water partition coefficient (Wildman–Crippen LogP) is 4.92. The van der Waals surface area contributed by atoms with Crippen molar-refractivity contribution >= 4 is 6.16 Å². The summed E-state index contributed by atoms with van der Waals surface area (Å²) >= 11 is 0. The van der Waals surface area contributed by atoms with Gasteiger partial charge in [-0.15, -0.1) is 0 Å². The van der Waals surface area contributed by atoms with E-state index in [0.717, 1.165) is 5.56 Å². The van der Waals surface area contributed by atoms with Gasteiger partial charge in [0.2, 0.25) is 0 Å². The van der Waals surface area contributed by atoms with E-state index < -0.39 is 12.6 Å². The highest BCUT2D eigenvalue weighted by Crippen LogP contribution is 2.34. The van der Waals surface area contributed by atoms with Crippen LogP contribution in [0, 0.1) is 0 Å². The van der Waals surface area contributed by atoms with Crippen molar-refractivity contribution < 1.29 is 32.5 Å². The standard InChI is InChI=1S/C19H20F2O5/c1-4-12-8-9-16(13(10-12)18(20)21)25-11-14-15(23-2)6-5-7-17(14)26-19(22)24-3/h5-10,18H,4,11H2,1-3H3. The Bertz CT molecular complexity index is 762. The summed E-state index contributed by atoms with van der Waals surface area (Å²) in [7, 11) is 2.63. The maximum absolute atomic E-state index is 13.3. The monoisotopic (exact) mass is 366 g/mol. The number of benzene rings is 2. The molecule has 0 spiro atoms. The van der Waals surface area contributed by atoms with Gasteiger partial charge >= 0.3 is 6.16 Å². The van der Waals surface area contributed by atoms with E-state index in [-0.39, 0.29) is 23.7 Å². The molecule has 0 atom stereocenters. The molecule has 140 valence electrons. The van der Waals surface area contributed by atoms with E-state index in [1.54, 1.807) is 18.2 Å².